The van der Waals surface area contributed by atoms with Gasteiger partial charge < -0.3 is 53.6 Å². The fourth-order valence-electron chi connectivity index (χ4n) is 5.93. The van der Waals surface area contributed by atoms with Crippen molar-refractivity contribution in [1.29, 1.82) is 0 Å². The molecule has 4 bridgehead atoms. The number of imidazole rings is 2. The summed E-state index contributed by atoms with van der Waals surface area (Å²) in [6.07, 6.45) is -8.04. The van der Waals surface area contributed by atoms with E-state index in [1.807, 2.05) is 0 Å². The molecule has 4 aromatic rings. The number of aromatic nitrogens is 8. The van der Waals surface area contributed by atoms with E-state index in [0.29, 0.717) is 0 Å². The Morgan fingerprint density at radius 1 is 0.957 bits per heavy atom. The van der Waals surface area contributed by atoms with Gasteiger partial charge in [-0.15, -0.1) is 0 Å². The van der Waals surface area contributed by atoms with Gasteiger partial charge in [0.25, 0.3) is 21.2 Å². The number of ether oxygens (including phenoxy) is 3. The van der Waals surface area contributed by atoms with Crippen LogP contribution >= 0.6 is 15.6 Å². The van der Waals surface area contributed by atoms with Crippen molar-refractivity contribution < 1.29 is 55.6 Å². The second-order valence-electron chi connectivity index (χ2n) is 10.8. The summed E-state index contributed by atoms with van der Waals surface area (Å²) in [7, 11) is -10.8. The van der Waals surface area contributed by atoms with Crippen LogP contribution in [0.5, 0.6) is 0 Å². The molecule has 4 fully saturated rings. The summed E-state index contributed by atoms with van der Waals surface area (Å²) < 4.78 is 82.8. The highest BCUT2D eigenvalue weighted by atomic mass is 31.2. The molecule has 25 heteroatoms. The number of nitrogens with zero attached hydrogens (tertiary/aromatic N) is 7. The van der Waals surface area contributed by atoms with E-state index in [-0.39, 0.29) is 40.7 Å². The van der Waals surface area contributed by atoms with Crippen molar-refractivity contribution >= 4 is 49.7 Å². The lowest BCUT2D eigenvalue weighted by molar-refractivity contribution is -0.247. The molecule has 2 unspecified atom stereocenters. The van der Waals surface area contributed by atoms with Crippen LogP contribution in [-0.2, 0) is 41.4 Å². The first-order valence-corrected chi connectivity index (χ1v) is 16.3. The molecule has 0 saturated carbocycles. The summed E-state index contributed by atoms with van der Waals surface area (Å²) in [5.74, 6) is -0.262. The van der Waals surface area contributed by atoms with Gasteiger partial charge in [-0.1, -0.05) is 0 Å². The van der Waals surface area contributed by atoms with Gasteiger partial charge in [0.1, 0.15) is 41.9 Å². The molecule has 0 spiro atoms. The van der Waals surface area contributed by atoms with Crippen molar-refractivity contribution in [3.05, 3.63) is 29.3 Å². The topological polar surface area (TPSA) is 304 Å². The number of alkyl halides is 1. The first kappa shape index (κ1) is 29.9. The van der Waals surface area contributed by atoms with Crippen molar-refractivity contribution in [3.8, 4) is 0 Å². The van der Waals surface area contributed by atoms with E-state index >= 15 is 4.39 Å². The zero-order valence-corrected chi connectivity index (χ0v) is 24.6. The summed E-state index contributed by atoms with van der Waals surface area (Å²) in [4.78, 5) is 60.9. The van der Waals surface area contributed by atoms with Crippen LogP contribution in [0.4, 0.5) is 16.2 Å². The molecule has 10 atom stereocenters. The maximum atomic E-state index is 15.8. The van der Waals surface area contributed by atoms with Gasteiger partial charge in [0.05, 0.1) is 32.5 Å². The van der Waals surface area contributed by atoms with Crippen LogP contribution in [0.3, 0.4) is 0 Å². The van der Waals surface area contributed by atoms with Gasteiger partial charge in [0.15, 0.2) is 41.3 Å². The number of rotatable bonds is 2. The highest BCUT2D eigenvalue weighted by Gasteiger charge is 2.65. The summed E-state index contributed by atoms with van der Waals surface area (Å²) in [6, 6.07) is 0. The molecule has 5 N–H and O–H groups in total. The van der Waals surface area contributed by atoms with Gasteiger partial charge in [-0.25, -0.2) is 24.3 Å². The van der Waals surface area contributed by atoms with Crippen LogP contribution in [0.1, 0.15) is 12.5 Å². The minimum Gasteiger partial charge on any atom is -0.756 e. The minimum absolute atomic E-state index is 0.0612. The number of aromatic amines is 1. The Morgan fingerprint density at radius 3 is 2.50 bits per heavy atom. The third-order valence-corrected chi connectivity index (χ3v) is 9.88. The molecule has 0 aliphatic carbocycles. The number of H-pyrrole nitrogens is 1. The maximum absolute atomic E-state index is 15.8. The summed E-state index contributed by atoms with van der Waals surface area (Å²) in [5, 5.41) is 0. The highest BCUT2D eigenvalue weighted by Crippen LogP contribution is 2.56. The zero-order chi connectivity index (χ0) is 32.2. The van der Waals surface area contributed by atoms with Crippen LogP contribution in [0.2, 0.25) is 0 Å². The lowest BCUT2D eigenvalue weighted by atomic mass is 10.0. The molecule has 8 rings (SSSR count). The number of anilines is 2. The fourth-order valence-corrected chi connectivity index (χ4v) is 7.87. The summed E-state index contributed by atoms with van der Waals surface area (Å²) in [5.41, 5.74) is 8.91. The molecule has 4 saturated heterocycles. The second-order valence-corrected chi connectivity index (χ2v) is 13.5. The van der Waals surface area contributed by atoms with Crippen LogP contribution in [0.15, 0.2) is 23.8 Å². The van der Waals surface area contributed by atoms with Crippen molar-refractivity contribution in [2.24, 2.45) is 0 Å². The van der Waals surface area contributed by atoms with E-state index in [2.05, 4.69) is 29.9 Å². The van der Waals surface area contributed by atoms with Gasteiger partial charge in [0.2, 0.25) is 5.95 Å². The van der Waals surface area contributed by atoms with Gasteiger partial charge in [0, 0.05) is 0 Å². The third-order valence-electron chi connectivity index (χ3n) is 7.98. The standard InChI is InChI=1S/C21H23FN10O12P2/c22-8-7-1-39-45(34,35)44-13-12-19(31-5-27-9-14(23)25-4-26-15(9)31)42-21(13,2-38-12)3-40-46(36,37)43-11(8)18(41-7)32-6-28-10-16(32)29-20(24)30-17(10)33/h4-8,11-13,18-19H,1-3H2,(H,34,35)(H,36,37)(H2,23,25,26)(H3,24,29,30,33)/p-2/t7-,8-,11-,12-,13+,18-,19-,21-/m1/s1. The number of hydrogen-bond acceptors (Lipinski definition) is 19. The fraction of sp³-hybridized carbons (Fsp3) is 0.524. The predicted octanol–water partition coefficient (Wildman–Crippen LogP) is -2.22. The van der Waals surface area contributed by atoms with Gasteiger partial charge in [-0.05, 0) is 0 Å². The number of hydrogen-bond donors (Lipinski definition) is 3. The quantitative estimate of drug-likeness (QED) is 0.188. The number of nitrogens with two attached hydrogens (primary N) is 2. The van der Waals surface area contributed by atoms with Crippen LogP contribution < -0.4 is 26.8 Å². The Kier molecular flexibility index (Phi) is 6.67. The number of phosphoric ester groups is 2. The lowest BCUT2D eigenvalue weighted by Gasteiger charge is -2.36. The molecule has 46 heavy (non-hydrogen) atoms. The molecule has 22 nitrogen and oxygen atoms in total. The SMILES string of the molecule is Nc1nc2c(ncn2[C@@H]2O[C@@H]3COP(=O)([O-])O[C@H]4[C@H]5OC[C@]4(COP(=O)([O-])O[C@@H]2[C@@H]3F)O[C@H]5n2cnc3c(N)ncnc32)c(=O)[nH]1. The van der Waals surface area contributed by atoms with E-state index in [1.54, 1.807) is 0 Å². The highest BCUT2D eigenvalue weighted by molar-refractivity contribution is 7.46. The number of fused-ring (bicyclic) bond motifs is 4. The second kappa shape index (κ2) is 10.3. The Bertz CT molecular complexity index is 2030. The molecular weight excluding hydrogens is 665 g/mol. The van der Waals surface area contributed by atoms with Crippen molar-refractivity contribution in [2.75, 3.05) is 31.3 Å². The summed E-state index contributed by atoms with van der Waals surface area (Å²) >= 11 is 0. The maximum Gasteiger partial charge on any atom is 0.280 e. The normalized spacial score (nSPS) is 39.7. The van der Waals surface area contributed by atoms with E-state index in [1.165, 1.54) is 17.2 Å². The van der Waals surface area contributed by atoms with Gasteiger partial charge >= 0.3 is 0 Å². The largest absolute Gasteiger partial charge is 0.756 e. The molecule has 4 aliphatic heterocycles. The lowest BCUT2D eigenvalue weighted by Crippen LogP contribution is -2.46. The van der Waals surface area contributed by atoms with Crippen molar-refractivity contribution in [2.45, 2.75) is 48.6 Å². The van der Waals surface area contributed by atoms with Gasteiger partial charge in [-0.2, -0.15) is 4.98 Å². The Labute approximate surface area is 253 Å². The number of nitrogens with one attached hydrogen (secondary N) is 1. The molecule has 246 valence electrons. The Hall–Kier alpha value is -3.47. The molecular formula is C21H21FN10O12P2-2. The number of halogens is 1. The van der Waals surface area contributed by atoms with E-state index in [9.17, 15) is 23.7 Å². The Balaban J connectivity index is 1.14. The first-order valence-electron chi connectivity index (χ1n) is 13.4. The van der Waals surface area contributed by atoms with Crippen molar-refractivity contribution in [3.63, 3.8) is 0 Å². The third kappa shape index (κ3) is 4.66. The van der Waals surface area contributed by atoms with Crippen LogP contribution in [0.25, 0.3) is 22.3 Å². The average Bonchev–Trinajstić information content (AvgIpc) is 3.80. The average molecular weight is 686 g/mol. The van der Waals surface area contributed by atoms with Gasteiger partial charge in [-0.3, -0.25) is 28.0 Å². The molecule has 0 radical (unpaired) electrons. The smallest absolute Gasteiger partial charge is 0.280 e. The van der Waals surface area contributed by atoms with E-state index in [4.69, 9.17) is 43.8 Å². The first-order chi connectivity index (χ1) is 21.8. The summed E-state index contributed by atoms with van der Waals surface area (Å²) in [6.45, 7) is -2.24. The number of nitrogen functional groups attached to an aromatic ring is 2. The zero-order valence-electron chi connectivity index (χ0n) is 22.9. The number of phosphoric acid groups is 2. The monoisotopic (exact) mass is 686 g/mol. The Morgan fingerprint density at radius 2 is 1.70 bits per heavy atom. The minimum atomic E-state index is -5.45. The van der Waals surface area contributed by atoms with Crippen LogP contribution in [-0.4, -0.2) is 95.0 Å². The molecule has 4 aromatic heterocycles. The van der Waals surface area contributed by atoms with Crippen LogP contribution in [0, 0.1) is 0 Å². The molecule has 4 aliphatic rings. The molecule has 0 aromatic carbocycles. The van der Waals surface area contributed by atoms with Crippen molar-refractivity contribution in [1.82, 2.24) is 39.0 Å². The van der Waals surface area contributed by atoms with E-state index < -0.39 is 83.1 Å². The predicted molar refractivity (Wildman–Crippen MR) is 141 cm³/mol. The molecule has 0 amide bonds. The van der Waals surface area contributed by atoms with E-state index in [0.717, 1.165) is 10.9 Å². The molecule has 8 heterocycles.